The van der Waals surface area contributed by atoms with Gasteiger partial charge in [-0.1, -0.05) is 69.3 Å². The van der Waals surface area contributed by atoms with Crippen molar-refractivity contribution in [1.82, 2.24) is 4.90 Å². The van der Waals surface area contributed by atoms with Gasteiger partial charge in [0.2, 0.25) is 5.91 Å². The number of aliphatic carboxylic acids is 1. The number of hydrogen-bond donors (Lipinski definition) is 1. The quantitative estimate of drug-likeness (QED) is 0.538. The van der Waals surface area contributed by atoms with E-state index in [0.29, 0.717) is 30.9 Å². The Morgan fingerprint density at radius 3 is 2.16 bits per heavy atom. The highest BCUT2D eigenvalue weighted by Crippen LogP contribution is 2.42. The number of ether oxygens (including phenoxy) is 1. The van der Waals surface area contributed by atoms with Crippen molar-refractivity contribution in [1.29, 1.82) is 0 Å². The van der Waals surface area contributed by atoms with Crippen molar-refractivity contribution in [3.63, 3.8) is 0 Å². The zero-order valence-corrected chi connectivity index (χ0v) is 22.5. The molecular formula is C31H38N2O5. The number of rotatable bonds is 4. The van der Waals surface area contributed by atoms with E-state index in [0.717, 1.165) is 36.8 Å². The Kier molecular flexibility index (Phi) is 7.21. The van der Waals surface area contributed by atoms with Gasteiger partial charge in [-0.15, -0.1) is 0 Å². The number of carboxylic acid groups (broad SMARTS) is 1. The molecule has 7 heteroatoms. The van der Waals surface area contributed by atoms with Gasteiger partial charge in [-0.2, -0.15) is 0 Å². The number of amides is 2. The Balaban J connectivity index is 1.39. The second-order valence-corrected chi connectivity index (χ2v) is 12.0. The van der Waals surface area contributed by atoms with Crippen LogP contribution in [0.3, 0.4) is 0 Å². The second-order valence-electron chi connectivity index (χ2n) is 12.0. The molecule has 38 heavy (non-hydrogen) atoms. The number of likely N-dealkylation sites (tertiary alicyclic amines) is 1. The number of carbonyl (C=O) groups excluding carboxylic acids is 2. The van der Waals surface area contributed by atoms with E-state index in [9.17, 15) is 19.5 Å². The monoisotopic (exact) mass is 518 g/mol. The van der Waals surface area contributed by atoms with E-state index in [1.165, 1.54) is 9.80 Å². The second kappa shape index (κ2) is 10.4. The summed E-state index contributed by atoms with van der Waals surface area (Å²) in [5.41, 5.74) is 2.69. The average Bonchev–Trinajstić information content (AvgIpc) is 3.51. The van der Waals surface area contributed by atoms with Crippen LogP contribution < -0.4 is 4.90 Å². The molecular weight excluding hydrogens is 480 g/mol. The van der Waals surface area contributed by atoms with E-state index in [1.807, 2.05) is 54.6 Å². The molecule has 2 amide bonds. The van der Waals surface area contributed by atoms with Crippen molar-refractivity contribution in [2.75, 3.05) is 4.90 Å². The van der Waals surface area contributed by atoms with Gasteiger partial charge in [0.1, 0.15) is 18.2 Å². The van der Waals surface area contributed by atoms with Gasteiger partial charge in [-0.25, -0.2) is 9.59 Å². The molecule has 3 atom stereocenters. The molecule has 0 bridgehead atoms. The van der Waals surface area contributed by atoms with Gasteiger partial charge in [0.15, 0.2) is 0 Å². The van der Waals surface area contributed by atoms with Crippen LogP contribution >= 0.6 is 0 Å². The number of carbonyl (C=O) groups is 3. The van der Waals surface area contributed by atoms with Crippen molar-refractivity contribution in [3.05, 3.63) is 65.7 Å². The van der Waals surface area contributed by atoms with Gasteiger partial charge >= 0.3 is 12.1 Å². The smallest absolute Gasteiger partial charge is 0.415 e. The van der Waals surface area contributed by atoms with E-state index in [1.54, 1.807) is 0 Å². The molecule has 1 saturated carbocycles. The lowest BCUT2D eigenvalue weighted by atomic mass is 9.72. The Bertz CT molecular complexity index is 1180. The lowest BCUT2D eigenvalue weighted by molar-refractivity contribution is -0.150. The lowest BCUT2D eigenvalue weighted by Crippen LogP contribution is -2.53. The molecule has 1 N–H and O–H groups in total. The highest BCUT2D eigenvalue weighted by Gasteiger charge is 2.48. The van der Waals surface area contributed by atoms with E-state index in [-0.39, 0.29) is 23.5 Å². The molecule has 2 aromatic rings. The van der Waals surface area contributed by atoms with Crippen molar-refractivity contribution >= 4 is 23.7 Å². The molecule has 2 aromatic carbocycles. The molecule has 3 aliphatic rings. The van der Waals surface area contributed by atoms with E-state index < -0.39 is 24.1 Å². The normalized spacial score (nSPS) is 27.2. The zero-order chi connectivity index (χ0) is 27.0. The average molecular weight is 519 g/mol. The van der Waals surface area contributed by atoms with Gasteiger partial charge in [0, 0.05) is 6.42 Å². The number of benzene rings is 2. The summed E-state index contributed by atoms with van der Waals surface area (Å²) in [6.07, 6.45) is 4.22. The summed E-state index contributed by atoms with van der Waals surface area (Å²) in [5.74, 6) is -0.761. The third-order valence-electron chi connectivity index (χ3n) is 8.73. The third kappa shape index (κ3) is 5.03. The van der Waals surface area contributed by atoms with Gasteiger partial charge < -0.3 is 14.7 Å². The first kappa shape index (κ1) is 26.3. The summed E-state index contributed by atoms with van der Waals surface area (Å²) < 4.78 is 6.02. The van der Waals surface area contributed by atoms with Gasteiger partial charge in [0.05, 0.1) is 11.7 Å². The Morgan fingerprint density at radius 2 is 1.50 bits per heavy atom. The molecule has 2 fully saturated rings. The molecule has 202 valence electrons. The van der Waals surface area contributed by atoms with Crippen LogP contribution in [-0.2, 0) is 20.7 Å². The maximum Gasteiger partial charge on any atom is 0.415 e. The molecule has 1 aliphatic carbocycles. The zero-order valence-electron chi connectivity index (χ0n) is 22.5. The number of fused-ring (bicyclic) bond motifs is 1. The van der Waals surface area contributed by atoms with Crippen LogP contribution in [0.4, 0.5) is 10.5 Å². The predicted molar refractivity (Wildman–Crippen MR) is 145 cm³/mol. The molecule has 7 nitrogen and oxygen atoms in total. The summed E-state index contributed by atoms with van der Waals surface area (Å²) in [6.45, 7) is 6.77. The van der Waals surface area contributed by atoms with Crippen molar-refractivity contribution in [2.24, 2.45) is 11.3 Å². The first-order valence-electron chi connectivity index (χ1n) is 13.8. The SMILES string of the molecule is CC(C)(C)C1CCC(OC(=O)N2c3ccccc3C[C@@H]2C(=O)N2[C@@H](C(=O)O)CC[C@H]2c2ccccc2)CC1. The Hall–Kier alpha value is -3.35. The number of anilines is 1. The van der Waals surface area contributed by atoms with E-state index >= 15 is 0 Å². The molecule has 2 heterocycles. The maximum atomic E-state index is 14.2. The topological polar surface area (TPSA) is 87.2 Å². The summed E-state index contributed by atoms with van der Waals surface area (Å²) >= 11 is 0. The summed E-state index contributed by atoms with van der Waals surface area (Å²) in [4.78, 5) is 43.0. The summed E-state index contributed by atoms with van der Waals surface area (Å²) in [6, 6.07) is 15.0. The maximum absolute atomic E-state index is 14.2. The first-order valence-corrected chi connectivity index (χ1v) is 13.8. The van der Waals surface area contributed by atoms with Gasteiger partial charge in [-0.05, 0) is 67.1 Å². The van der Waals surface area contributed by atoms with Crippen LogP contribution in [-0.4, -0.2) is 46.2 Å². The summed E-state index contributed by atoms with van der Waals surface area (Å²) in [7, 11) is 0. The fourth-order valence-corrected chi connectivity index (χ4v) is 6.59. The van der Waals surface area contributed by atoms with Crippen molar-refractivity contribution in [3.8, 4) is 0 Å². The minimum Gasteiger partial charge on any atom is -0.480 e. The minimum absolute atomic E-state index is 0.180. The number of para-hydroxylation sites is 1. The van der Waals surface area contributed by atoms with Crippen molar-refractivity contribution in [2.45, 2.75) is 89.9 Å². The van der Waals surface area contributed by atoms with Crippen LogP contribution in [0.25, 0.3) is 0 Å². The first-order chi connectivity index (χ1) is 18.1. The van der Waals surface area contributed by atoms with Crippen molar-refractivity contribution < 1.29 is 24.2 Å². The molecule has 1 saturated heterocycles. The lowest BCUT2D eigenvalue weighted by Gasteiger charge is -2.37. The molecule has 2 aliphatic heterocycles. The number of carboxylic acids is 1. The predicted octanol–water partition coefficient (Wildman–Crippen LogP) is 5.98. The van der Waals surface area contributed by atoms with Gasteiger partial charge in [-0.3, -0.25) is 9.69 Å². The van der Waals surface area contributed by atoms with E-state index in [2.05, 4.69) is 20.8 Å². The minimum atomic E-state index is -1.02. The fraction of sp³-hybridized carbons (Fsp3) is 0.516. The Labute approximate surface area is 224 Å². The van der Waals surface area contributed by atoms with Gasteiger partial charge in [0.25, 0.3) is 0 Å². The largest absolute Gasteiger partial charge is 0.480 e. The third-order valence-corrected chi connectivity index (χ3v) is 8.73. The standard InChI is InChI=1S/C31H38N2O5/c1-31(2,3)22-13-15-23(16-14-22)38-30(37)33-24-12-8-7-11-21(24)19-27(33)28(34)32-25(17-18-26(32)29(35)36)20-9-5-4-6-10-20/h4-12,22-23,25-27H,13-19H2,1-3H3,(H,35,36)/t22?,23?,25-,26+,27+/m0/s1. The fourth-order valence-electron chi connectivity index (χ4n) is 6.59. The summed E-state index contributed by atoms with van der Waals surface area (Å²) in [5, 5.41) is 9.98. The van der Waals surface area contributed by atoms with Crippen LogP contribution in [0.2, 0.25) is 0 Å². The molecule has 5 rings (SSSR count). The Morgan fingerprint density at radius 1 is 0.842 bits per heavy atom. The van der Waals surface area contributed by atoms with Crippen LogP contribution in [0.5, 0.6) is 0 Å². The molecule has 0 spiro atoms. The molecule has 0 aromatic heterocycles. The number of nitrogens with zero attached hydrogens (tertiary/aromatic N) is 2. The molecule has 0 unspecified atom stereocenters. The highest BCUT2D eigenvalue weighted by atomic mass is 16.6. The number of hydrogen-bond acceptors (Lipinski definition) is 4. The highest BCUT2D eigenvalue weighted by molar-refractivity contribution is 6.01. The van der Waals surface area contributed by atoms with E-state index in [4.69, 9.17) is 4.74 Å². The molecule has 0 radical (unpaired) electrons. The van der Waals surface area contributed by atoms with Crippen LogP contribution in [0.1, 0.15) is 76.5 Å². The van der Waals surface area contributed by atoms with Crippen LogP contribution in [0, 0.1) is 11.3 Å². The van der Waals surface area contributed by atoms with Crippen LogP contribution in [0.15, 0.2) is 54.6 Å².